The molecule has 0 unspecified atom stereocenters. The molecule has 1 aliphatic heterocycles. The Kier molecular flexibility index (Phi) is 28.9. The van der Waals surface area contributed by atoms with E-state index < -0.39 is 72.5 Å². The number of hydrogen-bond donors (Lipinski definition) is 8. The highest BCUT2D eigenvalue weighted by Gasteiger charge is 2.40. The summed E-state index contributed by atoms with van der Waals surface area (Å²) < 4.78 is 127. The maximum atomic E-state index is 11.1. The van der Waals surface area contributed by atoms with E-state index in [4.69, 9.17) is 60.0 Å². The van der Waals surface area contributed by atoms with Gasteiger partial charge in [-0.1, -0.05) is 0 Å². The quantitative estimate of drug-likeness (QED) is 0.157. The van der Waals surface area contributed by atoms with E-state index in [0.717, 1.165) is 0 Å². The van der Waals surface area contributed by atoms with Gasteiger partial charge in [0.2, 0.25) is 0 Å². The lowest BCUT2D eigenvalue weighted by atomic mass is 10.2. The molecule has 0 amide bonds. The van der Waals surface area contributed by atoms with Gasteiger partial charge in [-0.05, 0) is 12.8 Å². The van der Waals surface area contributed by atoms with Crippen LogP contribution in [-0.4, -0.2) is 211 Å². The molecule has 58 heavy (non-hydrogen) atoms. The van der Waals surface area contributed by atoms with Gasteiger partial charge < -0.3 is 40.9 Å². The Morgan fingerprint density at radius 2 is 0.431 bits per heavy atom. The highest BCUT2D eigenvalue weighted by molar-refractivity contribution is 5.74. The van der Waals surface area contributed by atoms with Crippen molar-refractivity contribution < 1.29 is 132 Å². The minimum Gasteiger partial charge on any atom is -0.480 e. The fraction of sp³-hybridized carbons (Fsp3) is 0.692. The third-order valence-electron chi connectivity index (χ3n) is 5.77. The van der Waals surface area contributed by atoms with Crippen molar-refractivity contribution in [3.8, 4) is 0 Å². The highest BCUT2D eigenvalue weighted by atomic mass is 19.4. The summed E-state index contributed by atoms with van der Waals surface area (Å²) in [5.41, 5.74) is 0. The van der Waals surface area contributed by atoms with Crippen LogP contribution in [0.5, 0.6) is 0 Å². The van der Waals surface area contributed by atoms with Gasteiger partial charge in [0, 0.05) is 52.4 Å². The van der Waals surface area contributed by atoms with Crippen LogP contribution in [0.25, 0.3) is 0 Å². The Morgan fingerprint density at radius 3 is 0.517 bits per heavy atom. The average Bonchev–Trinajstić information content (AvgIpc) is 3.00. The number of halogens is 12. The molecule has 1 saturated heterocycles. The molecule has 0 bridgehead atoms. The van der Waals surface area contributed by atoms with Crippen molar-refractivity contribution in [1.82, 2.24) is 19.6 Å². The van der Waals surface area contributed by atoms with Crippen LogP contribution in [0.1, 0.15) is 12.8 Å². The zero-order valence-electron chi connectivity index (χ0n) is 29.1. The van der Waals surface area contributed by atoms with Gasteiger partial charge in [-0.2, -0.15) is 52.7 Å². The molecule has 0 aromatic rings. The average molecular weight is 889 g/mol. The summed E-state index contributed by atoms with van der Waals surface area (Å²) in [7, 11) is 0. The van der Waals surface area contributed by atoms with Gasteiger partial charge in [0.05, 0.1) is 26.2 Å². The van der Waals surface area contributed by atoms with Gasteiger partial charge in [-0.25, -0.2) is 19.2 Å². The van der Waals surface area contributed by atoms with Crippen LogP contribution in [0.15, 0.2) is 0 Å². The van der Waals surface area contributed by atoms with Crippen LogP contribution < -0.4 is 0 Å². The Balaban J connectivity index is -0.000000416. The van der Waals surface area contributed by atoms with E-state index >= 15 is 0 Å². The van der Waals surface area contributed by atoms with Crippen molar-refractivity contribution in [2.24, 2.45) is 0 Å². The molecule has 0 aliphatic carbocycles. The van der Waals surface area contributed by atoms with E-state index in [1.54, 1.807) is 19.6 Å². The molecule has 0 saturated carbocycles. The molecule has 32 heteroatoms. The largest absolute Gasteiger partial charge is 0.490 e. The maximum absolute atomic E-state index is 11.1. The molecule has 340 valence electrons. The summed E-state index contributed by atoms with van der Waals surface area (Å²) in [6, 6.07) is 0. The van der Waals surface area contributed by atoms with Crippen molar-refractivity contribution in [3.63, 3.8) is 0 Å². The van der Waals surface area contributed by atoms with E-state index in [1.165, 1.54) is 0 Å². The van der Waals surface area contributed by atoms with Crippen LogP contribution in [0.3, 0.4) is 0 Å². The molecule has 0 atom stereocenters. The van der Waals surface area contributed by atoms with Crippen molar-refractivity contribution in [1.29, 1.82) is 0 Å². The van der Waals surface area contributed by atoms with E-state index in [2.05, 4.69) is 0 Å². The molecule has 20 nitrogen and oxygen atoms in total. The summed E-state index contributed by atoms with van der Waals surface area (Å²) in [6.07, 6.45) is -19.3. The maximum Gasteiger partial charge on any atom is 0.490 e. The SMILES string of the molecule is O=C(O)C(F)(F)F.O=C(O)C(F)(F)F.O=C(O)C(F)(F)F.O=C(O)C(F)(F)F.O=C(O)CN1CCCN(CC(=O)O)CCN(CC(=O)O)CCCN(CC(=O)O)CC1. The van der Waals surface area contributed by atoms with Crippen LogP contribution >= 0.6 is 0 Å². The van der Waals surface area contributed by atoms with E-state index in [1.807, 2.05) is 0 Å². The van der Waals surface area contributed by atoms with Crippen LogP contribution in [0.4, 0.5) is 52.7 Å². The number of carboxylic acids is 8. The van der Waals surface area contributed by atoms with Crippen LogP contribution in [0.2, 0.25) is 0 Å². The minimum atomic E-state index is -5.08. The molecule has 0 aromatic carbocycles. The number of alkyl halides is 12. The van der Waals surface area contributed by atoms with Gasteiger partial charge in [0.25, 0.3) is 0 Å². The van der Waals surface area contributed by atoms with Gasteiger partial charge in [0.1, 0.15) is 0 Å². The normalized spacial score (nSPS) is 15.7. The first-order valence-corrected chi connectivity index (χ1v) is 14.9. The number of aliphatic carboxylic acids is 8. The van der Waals surface area contributed by atoms with Crippen molar-refractivity contribution in [2.75, 3.05) is 78.5 Å². The fourth-order valence-corrected chi connectivity index (χ4v) is 3.45. The summed E-state index contributed by atoms with van der Waals surface area (Å²) in [6.45, 7) is 2.52. The summed E-state index contributed by atoms with van der Waals surface area (Å²) in [5.74, 6) is -14.9. The molecule has 0 aromatic heterocycles. The van der Waals surface area contributed by atoms with Gasteiger partial charge >= 0.3 is 72.5 Å². The number of hydrogen-bond acceptors (Lipinski definition) is 12. The predicted octanol–water partition coefficient (Wildman–Crippen LogP) is 0.860. The Morgan fingerprint density at radius 1 is 0.310 bits per heavy atom. The monoisotopic (exact) mass is 888 g/mol. The van der Waals surface area contributed by atoms with E-state index in [0.29, 0.717) is 65.2 Å². The molecular weight excluding hydrogens is 852 g/mol. The fourth-order valence-electron chi connectivity index (χ4n) is 3.45. The molecule has 8 N–H and O–H groups in total. The lowest BCUT2D eigenvalue weighted by Crippen LogP contribution is -2.44. The number of rotatable bonds is 8. The Labute approximate surface area is 316 Å². The summed E-state index contributed by atoms with van der Waals surface area (Å²) >= 11 is 0. The first-order chi connectivity index (χ1) is 25.9. The lowest BCUT2D eigenvalue weighted by Gasteiger charge is -2.30. The molecule has 1 fully saturated rings. The predicted molar refractivity (Wildman–Crippen MR) is 160 cm³/mol. The van der Waals surface area contributed by atoms with Crippen molar-refractivity contribution >= 4 is 47.8 Å². The van der Waals surface area contributed by atoms with Gasteiger partial charge in [-0.3, -0.25) is 38.8 Å². The Hall–Kier alpha value is -5.24. The zero-order valence-corrected chi connectivity index (χ0v) is 29.1. The van der Waals surface area contributed by atoms with Crippen molar-refractivity contribution in [2.45, 2.75) is 37.5 Å². The molecule has 1 rings (SSSR count). The smallest absolute Gasteiger partial charge is 0.480 e. The van der Waals surface area contributed by atoms with E-state index in [9.17, 15) is 71.9 Å². The second kappa shape index (κ2) is 28.2. The summed E-state index contributed by atoms with van der Waals surface area (Å²) in [5, 5.41) is 65.0. The standard InChI is InChI=1S/C18H32N4O8.4C2HF3O2/c23-15(24)11-19-3-1-4-20(12-16(25)26)8-10-22(14-18(29)30)6-2-5-21(9-7-19)13-17(27)28;4*3-2(4,5)1(6)7/h1-14H2,(H,23,24)(H,25,26)(H,27,28)(H,29,30);4*(H,6,7). The number of carbonyl (C=O) groups is 8. The van der Waals surface area contributed by atoms with Gasteiger partial charge in [-0.15, -0.1) is 0 Å². The van der Waals surface area contributed by atoms with Crippen LogP contribution in [-0.2, 0) is 38.4 Å². The lowest BCUT2D eigenvalue weighted by molar-refractivity contribution is -0.193. The molecule has 0 spiro atoms. The van der Waals surface area contributed by atoms with Crippen molar-refractivity contribution in [3.05, 3.63) is 0 Å². The molecular formula is C26H36F12N4O16. The molecule has 1 aliphatic rings. The third-order valence-corrected chi connectivity index (χ3v) is 5.77. The zero-order chi connectivity index (χ0) is 46.8. The molecule has 1 heterocycles. The highest BCUT2D eigenvalue weighted by Crippen LogP contribution is 2.15. The Bertz CT molecular complexity index is 1130. The summed E-state index contributed by atoms with van der Waals surface area (Å²) in [4.78, 5) is 87.0. The first kappa shape index (κ1) is 59.5. The third kappa shape index (κ3) is 39.0. The van der Waals surface area contributed by atoms with Crippen LogP contribution in [0, 0.1) is 0 Å². The topological polar surface area (TPSA) is 311 Å². The van der Waals surface area contributed by atoms with E-state index in [-0.39, 0.29) is 26.2 Å². The number of nitrogens with zero attached hydrogens (tertiary/aromatic N) is 4. The second-order valence-electron chi connectivity index (χ2n) is 10.6. The molecule has 0 radical (unpaired) electrons. The minimum absolute atomic E-state index is 0.174. The number of carboxylic acid groups (broad SMARTS) is 8. The second-order valence-corrected chi connectivity index (χ2v) is 10.6. The first-order valence-electron chi connectivity index (χ1n) is 14.9. The van der Waals surface area contributed by atoms with Gasteiger partial charge in [0.15, 0.2) is 0 Å².